The maximum absolute atomic E-state index is 10.8. The Bertz CT molecular complexity index is 202. The van der Waals surface area contributed by atoms with E-state index in [4.69, 9.17) is 20.4 Å². The van der Waals surface area contributed by atoms with E-state index in [0.29, 0.717) is 0 Å². The number of aliphatic hydroxyl groups excluding tert-OH is 3. The minimum Gasteiger partial charge on any atom is -0.481 e. The summed E-state index contributed by atoms with van der Waals surface area (Å²) in [5, 5.41) is 34.2. The Kier molecular flexibility index (Phi) is 5.77. The number of carbonyl (C=O) groups is 2. The van der Waals surface area contributed by atoms with Crippen molar-refractivity contribution in [2.24, 2.45) is 0 Å². The lowest BCUT2D eigenvalue weighted by molar-refractivity contribution is -0.162. The van der Waals surface area contributed by atoms with Crippen LogP contribution in [0.3, 0.4) is 0 Å². The molecule has 82 valence electrons. The average Bonchev–Trinajstić information content (AvgIpc) is 2.14. The van der Waals surface area contributed by atoms with Crippen LogP contribution in [0.25, 0.3) is 0 Å². The molecule has 0 aromatic heterocycles. The molecule has 0 amide bonds. The third kappa shape index (κ3) is 4.75. The average molecular weight is 208 g/mol. The van der Waals surface area contributed by atoms with Gasteiger partial charge in [0.25, 0.3) is 0 Å². The lowest BCUT2D eigenvalue weighted by atomic mass is 10.2. The molecule has 0 saturated carbocycles. The fraction of sp³-hybridized carbons (Fsp3) is 0.714. The molecule has 0 bridgehead atoms. The largest absolute Gasteiger partial charge is 0.481 e. The normalized spacial score (nSPS) is 14.5. The Morgan fingerprint density at radius 1 is 1.29 bits per heavy atom. The molecule has 0 aromatic rings. The monoisotopic (exact) mass is 208 g/mol. The van der Waals surface area contributed by atoms with Crippen LogP contribution in [0.4, 0.5) is 0 Å². The highest BCUT2D eigenvalue weighted by Gasteiger charge is 2.24. The molecule has 0 fully saturated rings. The summed E-state index contributed by atoms with van der Waals surface area (Å²) in [7, 11) is 0. The fourth-order valence-electron chi connectivity index (χ4n) is 0.581. The summed E-state index contributed by atoms with van der Waals surface area (Å²) in [6.45, 7) is -1.17. The smallest absolute Gasteiger partial charge is 0.337 e. The summed E-state index contributed by atoms with van der Waals surface area (Å²) in [6.07, 6.45) is -3.85. The van der Waals surface area contributed by atoms with Gasteiger partial charge in [-0.25, -0.2) is 4.79 Å². The molecular weight excluding hydrogens is 196 g/mol. The minimum atomic E-state index is -1.85. The number of aliphatic carboxylic acids is 1. The molecule has 0 aromatic carbocycles. The molecule has 2 atom stereocenters. The van der Waals surface area contributed by atoms with E-state index in [1.807, 2.05) is 0 Å². The van der Waals surface area contributed by atoms with Gasteiger partial charge in [0.05, 0.1) is 13.0 Å². The number of rotatable bonds is 6. The van der Waals surface area contributed by atoms with Crippen LogP contribution in [0.2, 0.25) is 0 Å². The third-order valence-corrected chi connectivity index (χ3v) is 1.35. The summed E-state index contributed by atoms with van der Waals surface area (Å²) < 4.78 is 4.30. The Morgan fingerprint density at radius 2 is 1.86 bits per heavy atom. The van der Waals surface area contributed by atoms with E-state index in [1.165, 1.54) is 0 Å². The molecule has 4 N–H and O–H groups in total. The molecule has 0 unspecified atom stereocenters. The van der Waals surface area contributed by atoms with Crippen molar-refractivity contribution in [1.29, 1.82) is 0 Å². The SMILES string of the molecule is O=C(O)CCOC(=O)[C@H](O)[C@@H](O)CO. The number of aliphatic hydroxyl groups is 3. The Hall–Kier alpha value is -1.18. The molecule has 0 aliphatic rings. The number of hydrogen-bond acceptors (Lipinski definition) is 6. The van der Waals surface area contributed by atoms with Crippen molar-refractivity contribution in [3.63, 3.8) is 0 Å². The van der Waals surface area contributed by atoms with Gasteiger partial charge in [0.2, 0.25) is 0 Å². The summed E-state index contributed by atoms with van der Waals surface area (Å²) in [5.74, 6) is -2.30. The summed E-state index contributed by atoms with van der Waals surface area (Å²) in [5.41, 5.74) is 0. The van der Waals surface area contributed by atoms with Crippen LogP contribution in [0.5, 0.6) is 0 Å². The van der Waals surface area contributed by atoms with Crippen LogP contribution in [-0.4, -0.2) is 57.8 Å². The highest BCUT2D eigenvalue weighted by atomic mass is 16.5. The first-order valence-electron chi connectivity index (χ1n) is 3.84. The maximum Gasteiger partial charge on any atom is 0.337 e. The van der Waals surface area contributed by atoms with Crippen molar-refractivity contribution in [1.82, 2.24) is 0 Å². The summed E-state index contributed by atoms with van der Waals surface area (Å²) in [6, 6.07) is 0. The molecule has 0 heterocycles. The van der Waals surface area contributed by atoms with Gasteiger partial charge in [0.1, 0.15) is 12.7 Å². The van der Waals surface area contributed by atoms with Gasteiger partial charge in [-0.05, 0) is 0 Å². The van der Waals surface area contributed by atoms with E-state index < -0.39 is 30.8 Å². The van der Waals surface area contributed by atoms with Crippen LogP contribution in [0.15, 0.2) is 0 Å². The molecule has 0 radical (unpaired) electrons. The van der Waals surface area contributed by atoms with E-state index >= 15 is 0 Å². The summed E-state index contributed by atoms with van der Waals surface area (Å²) in [4.78, 5) is 20.8. The Morgan fingerprint density at radius 3 is 2.29 bits per heavy atom. The van der Waals surface area contributed by atoms with Gasteiger partial charge in [-0.3, -0.25) is 4.79 Å². The zero-order valence-electron chi connectivity index (χ0n) is 7.29. The standard InChI is InChI=1S/C7H12O7/c8-3-4(9)6(12)7(13)14-2-1-5(10)11/h4,6,8-9,12H,1-3H2,(H,10,11)/t4-,6+/m0/s1. The topological polar surface area (TPSA) is 124 Å². The van der Waals surface area contributed by atoms with Crippen molar-refractivity contribution >= 4 is 11.9 Å². The van der Waals surface area contributed by atoms with Gasteiger partial charge in [-0.1, -0.05) is 0 Å². The highest BCUT2D eigenvalue weighted by molar-refractivity contribution is 5.75. The molecule has 0 aliphatic carbocycles. The predicted molar refractivity (Wildman–Crippen MR) is 42.3 cm³/mol. The van der Waals surface area contributed by atoms with E-state index in [-0.39, 0.29) is 13.0 Å². The highest BCUT2D eigenvalue weighted by Crippen LogP contribution is 1.96. The number of carbonyl (C=O) groups excluding carboxylic acids is 1. The lowest BCUT2D eigenvalue weighted by Gasteiger charge is -2.13. The second kappa shape index (κ2) is 6.30. The van der Waals surface area contributed by atoms with E-state index in [1.54, 1.807) is 0 Å². The van der Waals surface area contributed by atoms with Gasteiger partial charge in [0, 0.05) is 0 Å². The molecular formula is C7H12O7. The molecule has 14 heavy (non-hydrogen) atoms. The number of carboxylic acid groups (broad SMARTS) is 1. The second-order valence-electron chi connectivity index (χ2n) is 2.51. The minimum absolute atomic E-state index is 0.381. The first kappa shape index (κ1) is 12.8. The molecule has 0 rings (SSSR count). The first-order valence-corrected chi connectivity index (χ1v) is 3.84. The molecule has 0 aliphatic heterocycles. The van der Waals surface area contributed by atoms with Crippen LogP contribution < -0.4 is 0 Å². The number of ether oxygens (including phenoxy) is 1. The van der Waals surface area contributed by atoms with Crippen molar-refractivity contribution in [3.8, 4) is 0 Å². The van der Waals surface area contributed by atoms with Crippen molar-refractivity contribution in [2.75, 3.05) is 13.2 Å². The number of hydrogen-bond donors (Lipinski definition) is 4. The molecule has 0 saturated heterocycles. The molecule has 7 heteroatoms. The molecule has 0 spiro atoms. The number of carboxylic acids is 1. The van der Waals surface area contributed by atoms with Gasteiger partial charge >= 0.3 is 11.9 Å². The lowest BCUT2D eigenvalue weighted by Crippen LogP contribution is -2.37. The first-order chi connectivity index (χ1) is 6.49. The van der Waals surface area contributed by atoms with Gasteiger partial charge < -0.3 is 25.2 Å². The predicted octanol–water partition coefficient (Wildman–Crippen LogP) is -2.28. The van der Waals surface area contributed by atoms with E-state index in [9.17, 15) is 9.59 Å². The zero-order valence-corrected chi connectivity index (χ0v) is 7.29. The Labute approximate surface area is 79.5 Å². The van der Waals surface area contributed by atoms with E-state index in [0.717, 1.165) is 0 Å². The summed E-state index contributed by atoms with van der Waals surface area (Å²) >= 11 is 0. The van der Waals surface area contributed by atoms with Gasteiger partial charge in [-0.2, -0.15) is 0 Å². The van der Waals surface area contributed by atoms with Gasteiger partial charge in [0.15, 0.2) is 6.10 Å². The Balaban J connectivity index is 3.78. The van der Waals surface area contributed by atoms with Crippen LogP contribution in [0.1, 0.15) is 6.42 Å². The second-order valence-corrected chi connectivity index (χ2v) is 2.51. The van der Waals surface area contributed by atoms with Crippen LogP contribution in [-0.2, 0) is 14.3 Å². The van der Waals surface area contributed by atoms with Crippen LogP contribution >= 0.6 is 0 Å². The number of esters is 1. The van der Waals surface area contributed by atoms with Crippen molar-refractivity contribution in [2.45, 2.75) is 18.6 Å². The molecule has 7 nitrogen and oxygen atoms in total. The van der Waals surface area contributed by atoms with Gasteiger partial charge in [-0.15, -0.1) is 0 Å². The zero-order chi connectivity index (χ0) is 11.1. The quantitative estimate of drug-likeness (QED) is 0.362. The van der Waals surface area contributed by atoms with Crippen molar-refractivity contribution in [3.05, 3.63) is 0 Å². The van der Waals surface area contributed by atoms with Crippen LogP contribution in [0, 0.1) is 0 Å². The fourth-order valence-corrected chi connectivity index (χ4v) is 0.581. The van der Waals surface area contributed by atoms with E-state index in [2.05, 4.69) is 4.74 Å². The van der Waals surface area contributed by atoms with Crippen molar-refractivity contribution < 1.29 is 34.8 Å². The maximum atomic E-state index is 10.8. The third-order valence-electron chi connectivity index (χ3n) is 1.35.